The van der Waals surface area contributed by atoms with Gasteiger partial charge in [-0.25, -0.2) is 0 Å². The van der Waals surface area contributed by atoms with Crippen molar-refractivity contribution in [2.45, 2.75) is 25.3 Å². The van der Waals surface area contributed by atoms with Gasteiger partial charge in [0.15, 0.2) is 5.78 Å². The zero-order valence-electron chi connectivity index (χ0n) is 13.0. The van der Waals surface area contributed by atoms with E-state index >= 15 is 0 Å². The number of carbonyl (C=O) groups is 1. The highest BCUT2D eigenvalue weighted by Crippen LogP contribution is 2.29. The average Bonchev–Trinajstić information content (AvgIpc) is 2.59. The quantitative estimate of drug-likeness (QED) is 0.438. The molecule has 0 saturated heterocycles. The Kier molecular flexibility index (Phi) is 5.36. The van der Waals surface area contributed by atoms with Gasteiger partial charge in [0, 0.05) is 36.0 Å². The maximum Gasteiger partial charge on any atom is 0.269 e. The number of nitro groups is 2. The van der Waals surface area contributed by atoms with Crippen LogP contribution in [0.5, 0.6) is 0 Å². The summed E-state index contributed by atoms with van der Waals surface area (Å²) in [6.45, 7) is 1.40. The first-order valence-corrected chi connectivity index (χ1v) is 7.36. The standard InChI is InChI=1S/C17H16N2O5/c1-12(18(21)22)16(11-17(20)13-6-3-2-4-7-13)14-8-5-9-15(10-14)19(23)24/h2-10,12,16H,11H2,1H3/t12-,16-/m1/s1. The number of hydrogen-bond donors (Lipinski definition) is 0. The summed E-state index contributed by atoms with van der Waals surface area (Å²) in [5.74, 6) is -0.978. The van der Waals surface area contributed by atoms with Gasteiger partial charge in [0.05, 0.1) is 10.8 Å². The first kappa shape index (κ1) is 17.3. The molecule has 0 bridgehead atoms. The lowest BCUT2D eigenvalue weighted by molar-refractivity contribution is -0.522. The third-order valence-corrected chi connectivity index (χ3v) is 3.93. The number of hydrogen-bond acceptors (Lipinski definition) is 5. The van der Waals surface area contributed by atoms with Crippen molar-refractivity contribution in [3.63, 3.8) is 0 Å². The molecular formula is C17H16N2O5. The molecular weight excluding hydrogens is 312 g/mol. The Morgan fingerprint density at radius 1 is 1.04 bits per heavy atom. The van der Waals surface area contributed by atoms with E-state index in [0.717, 1.165) is 0 Å². The van der Waals surface area contributed by atoms with Crippen LogP contribution in [-0.2, 0) is 0 Å². The highest BCUT2D eigenvalue weighted by atomic mass is 16.6. The highest BCUT2D eigenvalue weighted by Gasteiger charge is 2.31. The minimum absolute atomic E-state index is 0.0900. The van der Waals surface area contributed by atoms with Crippen LogP contribution >= 0.6 is 0 Å². The van der Waals surface area contributed by atoms with Crippen molar-refractivity contribution >= 4 is 11.5 Å². The lowest BCUT2D eigenvalue weighted by atomic mass is 9.86. The van der Waals surface area contributed by atoms with E-state index in [1.807, 2.05) is 0 Å². The summed E-state index contributed by atoms with van der Waals surface area (Å²) in [6.07, 6.45) is -0.0900. The van der Waals surface area contributed by atoms with Crippen LogP contribution in [0.3, 0.4) is 0 Å². The van der Waals surface area contributed by atoms with Gasteiger partial charge in [0.1, 0.15) is 0 Å². The number of non-ortho nitro benzene ring substituents is 1. The van der Waals surface area contributed by atoms with Crippen LogP contribution in [0.4, 0.5) is 5.69 Å². The molecule has 0 amide bonds. The first-order valence-electron chi connectivity index (χ1n) is 7.36. The monoisotopic (exact) mass is 328 g/mol. The van der Waals surface area contributed by atoms with E-state index in [2.05, 4.69) is 0 Å². The lowest BCUT2D eigenvalue weighted by Gasteiger charge is -2.18. The fourth-order valence-corrected chi connectivity index (χ4v) is 2.52. The second-order valence-corrected chi connectivity index (χ2v) is 5.48. The molecule has 0 saturated carbocycles. The molecule has 7 heteroatoms. The summed E-state index contributed by atoms with van der Waals surface area (Å²) in [6, 6.07) is 13.1. The number of nitrogens with zero attached hydrogens (tertiary/aromatic N) is 2. The molecule has 0 fully saturated rings. The molecule has 0 aliphatic rings. The van der Waals surface area contributed by atoms with Gasteiger partial charge in [0.2, 0.25) is 6.04 Å². The van der Waals surface area contributed by atoms with Gasteiger partial charge in [-0.2, -0.15) is 0 Å². The third-order valence-electron chi connectivity index (χ3n) is 3.93. The normalized spacial score (nSPS) is 13.0. The number of carbonyl (C=O) groups excluding carboxylic acids is 1. The second kappa shape index (κ2) is 7.45. The smallest absolute Gasteiger partial charge is 0.269 e. The van der Waals surface area contributed by atoms with Crippen molar-refractivity contribution in [1.29, 1.82) is 0 Å². The topological polar surface area (TPSA) is 103 Å². The molecule has 24 heavy (non-hydrogen) atoms. The van der Waals surface area contributed by atoms with E-state index in [1.165, 1.54) is 25.1 Å². The third kappa shape index (κ3) is 4.01. The van der Waals surface area contributed by atoms with Crippen LogP contribution in [0, 0.1) is 20.2 Å². The van der Waals surface area contributed by atoms with E-state index < -0.39 is 21.8 Å². The van der Waals surface area contributed by atoms with Crippen LogP contribution in [0.15, 0.2) is 54.6 Å². The van der Waals surface area contributed by atoms with Crippen molar-refractivity contribution in [3.8, 4) is 0 Å². The lowest BCUT2D eigenvalue weighted by Crippen LogP contribution is -2.26. The number of rotatable bonds is 7. The maximum atomic E-state index is 12.4. The number of Topliss-reactive ketones (excluding diaryl/α,β-unsaturated/α-hetero) is 1. The zero-order chi connectivity index (χ0) is 17.7. The molecule has 0 unspecified atom stereocenters. The van der Waals surface area contributed by atoms with Crippen molar-refractivity contribution in [1.82, 2.24) is 0 Å². The van der Waals surface area contributed by atoms with Gasteiger partial charge in [0.25, 0.3) is 5.69 Å². The van der Waals surface area contributed by atoms with E-state index in [1.54, 1.807) is 36.4 Å². The minimum atomic E-state index is -1.04. The van der Waals surface area contributed by atoms with Gasteiger partial charge >= 0.3 is 0 Å². The summed E-state index contributed by atoms with van der Waals surface area (Å²) >= 11 is 0. The Bertz CT molecular complexity index is 761. The molecule has 0 spiro atoms. The Hall–Kier alpha value is -3.09. The average molecular weight is 328 g/mol. The molecule has 0 heterocycles. The molecule has 0 aromatic heterocycles. The number of ketones is 1. The van der Waals surface area contributed by atoms with Crippen molar-refractivity contribution < 1.29 is 14.6 Å². The van der Waals surface area contributed by atoms with Crippen molar-refractivity contribution in [2.24, 2.45) is 0 Å². The molecule has 0 N–H and O–H groups in total. The van der Waals surface area contributed by atoms with Gasteiger partial charge in [-0.15, -0.1) is 0 Å². The van der Waals surface area contributed by atoms with Gasteiger partial charge < -0.3 is 0 Å². The molecule has 2 atom stereocenters. The van der Waals surface area contributed by atoms with E-state index in [4.69, 9.17) is 0 Å². The minimum Gasteiger partial charge on any atom is -0.294 e. The molecule has 0 aliphatic heterocycles. The largest absolute Gasteiger partial charge is 0.294 e. The Morgan fingerprint density at radius 3 is 2.29 bits per heavy atom. The Labute approximate surface area is 138 Å². The highest BCUT2D eigenvalue weighted by molar-refractivity contribution is 5.96. The zero-order valence-corrected chi connectivity index (χ0v) is 13.0. The molecule has 0 aliphatic carbocycles. The van der Waals surface area contributed by atoms with Crippen LogP contribution in [-0.4, -0.2) is 21.7 Å². The van der Waals surface area contributed by atoms with Crippen LogP contribution in [0.1, 0.15) is 35.2 Å². The van der Waals surface area contributed by atoms with Gasteiger partial charge in [-0.05, 0) is 5.56 Å². The molecule has 2 aromatic rings. The van der Waals surface area contributed by atoms with E-state index in [9.17, 15) is 25.0 Å². The summed E-state index contributed by atoms with van der Waals surface area (Å²) in [7, 11) is 0. The van der Waals surface area contributed by atoms with Crippen molar-refractivity contribution in [3.05, 3.63) is 86.0 Å². The molecule has 2 aromatic carbocycles. The fourth-order valence-electron chi connectivity index (χ4n) is 2.52. The van der Waals surface area contributed by atoms with E-state index in [-0.39, 0.29) is 17.9 Å². The molecule has 2 rings (SSSR count). The number of benzene rings is 2. The Balaban J connectivity index is 2.35. The fraction of sp³-hybridized carbons (Fsp3) is 0.235. The van der Waals surface area contributed by atoms with E-state index in [0.29, 0.717) is 11.1 Å². The molecule has 0 radical (unpaired) electrons. The second-order valence-electron chi connectivity index (χ2n) is 5.48. The Morgan fingerprint density at radius 2 is 1.71 bits per heavy atom. The maximum absolute atomic E-state index is 12.4. The van der Waals surface area contributed by atoms with Crippen LogP contribution < -0.4 is 0 Å². The first-order chi connectivity index (χ1) is 11.4. The van der Waals surface area contributed by atoms with Crippen LogP contribution in [0.25, 0.3) is 0 Å². The summed E-state index contributed by atoms with van der Waals surface area (Å²) < 4.78 is 0. The van der Waals surface area contributed by atoms with Gasteiger partial charge in [-0.1, -0.05) is 42.5 Å². The summed E-state index contributed by atoms with van der Waals surface area (Å²) in [5, 5.41) is 22.1. The molecule has 7 nitrogen and oxygen atoms in total. The number of nitro benzene ring substituents is 1. The predicted molar refractivity (Wildman–Crippen MR) is 87.7 cm³/mol. The predicted octanol–water partition coefficient (Wildman–Crippen LogP) is 3.62. The van der Waals surface area contributed by atoms with Gasteiger partial charge in [-0.3, -0.25) is 25.0 Å². The summed E-state index contributed by atoms with van der Waals surface area (Å²) in [4.78, 5) is 33.5. The SMILES string of the molecule is C[C@H]([C@@H](CC(=O)c1ccccc1)c1cccc([N+](=O)[O-])c1)[N+](=O)[O-]. The van der Waals surface area contributed by atoms with Crippen molar-refractivity contribution in [2.75, 3.05) is 0 Å². The van der Waals surface area contributed by atoms with Crippen LogP contribution in [0.2, 0.25) is 0 Å². The molecule has 124 valence electrons. The summed E-state index contributed by atoms with van der Waals surface area (Å²) in [5.41, 5.74) is 0.723.